The molecule has 0 atom stereocenters. The second kappa shape index (κ2) is 40.6. The first-order valence-electron chi connectivity index (χ1n) is 23.9. The molecule has 0 aromatic heterocycles. The summed E-state index contributed by atoms with van der Waals surface area (Å²) in [7, 11) is 4.00. The van der Waals surface area contributed by atoms with Crippen LogP contribution in [0.3, 0.4) is 0 Å². The third kappa shape index (κ3) is 36.5. The standard InChI is InChI=1S/C48H93NO6/c1-7-11-23-31-43(32-24-12-8-2)41-46(50)53-38-29-21-17-15-19-27-35-45(48(52)55-40-37-49(5)6)36-28-20-16-18-22-30-39-54-47(51)42-44(33-25-13-9-3)34-26-14-10-4/h43-45H,7-42H2,1-6H3. The zero-order valence-electron chi connectivity index (χ0n) is 37.6. The fourth-order valence-electron chi connectivity index (χ4n) is 7.62. The van der Waals surface area contributed by atoms with Crippen molar-refractivity contribution >= 4 is 17.9 Å². The summed E-state index contributed by atoms with van der Waals surface area (Å²) in [5, 5.41) is 0. The van der Waals surface area contributed by atoms with Crippen LogP contribution >= 0.6 is 0 Å². The van der Waals surface area contributed by atoms with Gasteiger partial charge in [-0.25, -0.2) is 0 Å². The van der Waals surface area contributed by atoms with Gasteiger partial charge in [-0.3, -0.25) is 14.4 Å². The minimum absolute atomic E-state index is 0.00567. The summed E-state index contributed by atoms with van der Waals surface area (Å²) in [5.41, 5.74) is 0. The van der Waals surface area contributed by atoms with E-state index in [1.807, 2.05) is 19.0 Å². The van der Waals surface area contributed by atoms with Crippen molar-refractivity contribution in [3.63, 3.8) is 0 Å². The van der Waals surface area contributed by atoms with Crippen LogP contribution in [0, 0.1) is 17.8 Å². The molecule has 0 spiro atoms. The highest BCUT2D eigenvalue weighted by Crippen LogP contribution is 2.24. The molecule has 0 amide bonds. The molecular weight excluding hydrogens is 687 g/mol. The fraction of sp³-hybridized carbons (Fsp3) is 0.938. The molecule has 55 heavy (non-hydrogen) atoms. The maximum absolute atomic E-state index is 13.0. The summed E-state index contributed by atoms with van der Waals surface area (Å²) in [5.74, 6) is 0.916. The number of hydrogen-bond acceptors (Lipinski definition) is 7. The minimum atomic E-state index is -0.0265. The molecule has 0 aromatic carbocycles. The van der Waals surface area contributed by atoms with E-state index in [4.69, 9.17) is 14.2 Å². The summed E-state index contributed by atoms with van der Waals surface area (Å²) in [6.45, 7) is 11.2. The average molecular weight is 780 g/mol. The van der Waals surface area contributed by atoms with E-state index < -0.39 is 0 Å². The van der Waals surface area contributed by atoms with Gasteiger partial charge in [-0.15, -0.1) is 0 Å². The predicted octanol–water partition coefficient (Wildman–Crippen LogP) is 13.6. The molecule has 0 N–H and O–H groups in total. The van der Waals surface area contributed by atoms with Crippen molar-refractivity contribution in [2.45, 2.75) is 233 Å². The maximum atomic E-state index is 13.0. The topological polar surface area (TPSA) is 82.1 Å². The van der Waals surface area contributed by atoms with Crippen molar-refractivity contribution in [1.29, 1.82) is 0 Å². The lowest BCUT2D eigenvalue weighted by Gasteiger charge is -2.17. The van der Waals surface area contributed by atoms with E-state index in [1.54, 1.807) is 0 Å². The molecule has 0 unspecified atom stereocenters. The third-order valence-electron chi connectivity index (χ3n) is 11.3. The van der Waals surface area contributed by atoms with Crippen LogP contribution in [0.25, 0.3) is 0 Å². The number of carbonyl (C=O) groups excluding carboxylic acids is 3. The van der Waals surface area contributed by atoms with Crippen LogP contribution in [0.4, 0.5) is 0 Å². The fourth-order valence-corrected chi connectivity index (χ4v) is 7.62. The summed E-state index contributed by atoms with van der Waals surface area (Å²) in [6.07, 6.45) is 35.4. The number of hydrogen-bond donors (Lipinski definition) is 0. The first-order chi connectivity index (χ1) is 26.8. The van der Waals surface area contributed by atoms with E-state index in [0.29, 0.717) is 44.5 Å². The number of unbranched alkanes of at least 4 members (excludes halogenated alkanes) is 18. The zero-order chi connectivity index (χ0) is 40.6. The van der Waals surface area contributed by atoms with Crippen LogP contribution < -0.4 is 0 Å². The molecule has 0 bridgehead atoms. The van der Waals surface area contributed by atoms with Gasteiger partial charge >= 0.3 is 17.9 Å². The molecule has 0 fully saturated rings. The normalized spacial score (nSPS) is 11.7. The van der Waals surface area contributed by atoms with Gasteiger partial charge in [0.2, 0.25) is 0 Å². The van der Waals surface area contributed by atoms with Crippen molar-refractivity contribution in [2.24, 2.45) is 17.8 Å². The SMILES string of the molecule is CCCCCC(CCCCC)CC(=O)OCCCCCCCCC(CCCCCCCCOC(=O)CC(CCCCC)CCCCC)C(=O)OCCN(C)C. The molecular formula is C48H93NO6. The summed E-state index contributed by atoms with van der Waals surface area (Å²) >= 11 is 0. The number of ether oxygens (including phenoxy) is 3. The van der Waals surface area contributed by atoms with Gasteiger partial charge < -0.3 is 19.1 Å². The molecule has 7 nitrogen and oxygen atoms in total. The van der Waals surface area contributed by atoms with Crippen molar-refractivity contribution in [3.05, 3.63) is 0 Å². The smallest absolute Gasteiger partial charge is 0.308 e. The van der Waals surface area contributed by atoms with Gasteiger partial charge in [0.1, 0.15) is 6.61 Å². The Balaban J connectivity index is 4.28. The van der Waals surface area contributed by atoms with Crippen LogP contribution in [0.1, 0.15) is 233 Å². The van der Waals surface area contributed by atoms with Crippen LogP contribution in [-0.2, 0) is 28.6 Å². The Bertz CT molecular complexity index is 787. The van der Waals surface area contributed by atoms with Crippen molar-refractivity contribution in [2.75, 3.05) is 40.5 Å². The lowest BCUT2D eigenvalue weighted by molar-refractivity contribution is -0.149. The molecule has 7 heteroatoms. The largest absolute Gasteiger partial charge is 0.466 e. The Labute approximate surface area is 341 Å². The molecule has 0 aliphatic rings. The van der Waals surface area contributed by atoms with Gasteiger partial charge in [-0.05, 0) is 77.3 Å². The highest BCUT2D eigenvalue weighted by atomic mass is 16.5. The van der Waals surface area contributed by atoms with E-state index in [9.17, 15) is 14.4 Å². The quantitative estimate of drug-likeness (QED) is 0.0347. The summed E-state index contributed by atoms with van der Waals surface area (Å²) < 4.78 is 16.9. The number of likely N-dealkylation sites (N-methyl/N-ethyl adjacent to an activating group) is 1. The van der Waals surface area contributed by atoms with E-state index in [0.717, 1.165) is 122 Å². The summed E-state index contributed by atoms with van der Waals surface area (Å²) in [6, 6.07) is 0. The summed E-state index contributed by atoms with van der Waals surface area (Å²) in [4.78, 5) is 40.0. The van der Waals surface area contributed by atoms with E-state index in [-0.39, 0.29) is 23.8 Å². The second-order valence-corrected chi connectivity index (χ2v) is 17.1. The first-order valence-corrected chi connectivity index (χ1v) is 23.9. The van der Waals surface area contributed by atoms with E-state index >= 15 is 0 Å². The van der Waals surface area contributed by atoms with E-state index in [1.165, 1.54) is 77.0 Å². The molecule has 0 saturated carbocycles. The monoisotopic (exact) mass is 780 g/mol. The van der Waals surface area contributed by atoms with Crippen LogP contribution in [-0.4, -0.2) is 63.3 Å². The molecule has 0 aromatic rings. The van der Waals surface area contributed by atoms with Crippen molar-refractivity contribution < 1.29 is 28.6 Å². The van der Waals surface area contributed by atoms with E-state index in [2.05, 4.69) is 27.7 Å². The Kier molecular flexibility index (Phi) is 39.4. The van der Waals surface area contributed by atoms with Crippen molar-refractivity contribution in [3.8, 4) is 0 Å². The highest BCUT2D eigenvalue weighted by Gasteiger charge is 2.20. The molecule has 0 saturated heterocycles. The molecule has 0 aliphatic heterocycles. The van der Waals surface area contributed by atoms with Gasteiger partial charge in [0.15, 0.2) is 0 Å². The Morgan fingerprint density at radius 2 is 0.727 bits per heavy atom. The number of rotatable bonds is 42. The maximum Gasteiger partial charge on any atom is 0.308 e. The molecule has 0 rings (SSSR count). The highest BCUT2D eigenvalue weighted by molar-refractivity contribution is 5.72. The Hall–Kier alpha value is -1.63. The number of esters is 3. The Morgan fingerprint density at radius 3 is 1.07 bits per heavy atom. The van der Waals surface area contributed by atoms with Crippen LogP contribution in [0.5, 0.6) is 0 Å². The lowest BCUT2D eigenvalue weighted by atomic mass is 9.92. The van der Waals surface area contributed by atoms with Gasteiger partial charge in [-0.2, -0.15) is 0 Å². The molecule has 326 valence electrons. The van der Waals surface area contributed by atoms with Crippen LogP contribution in [0.15, 0.2) is 0 Å². The van der Waals surface area contributed by atoms with Crippen LogP contribution in [0.2, 0.25) is 0 Å². The number of nitrogens with zero attached hydrogens (tertiary/aromatic N) is 1. The average Bonchev–Trinajstić information content (AvgIpc) is 3.15. The first kappa shape index (κ1) is 53.4. The van der Waals surface area contributed by atoms with Gasteiger partial charge in [-0.1, -0.05) is 169 Å². The van der Waals surface area contributed by atoms with Crippen molar-refractivity contribution in [1.82, 2.24) is 4.90 Å². The molecule has 0 radical (unpaired) electrons. The second-order valence-electron chi connectivity index (χ2n) is 17.1. The molecule has 0 aliphatic carbocycles. The predicted molar refractivity (Wildman–Crippen MR) is 232 cm³/mol. The van der Waals surface area contributed by atoms with Gasteiger partial charge in [0, 0.05) is 19.4 Å². The van der Waals surface area contributed by atoms with Gasteiger partial charge in [0.25, 0.3) is 0 Å². The zero-order valence-corrected chi connectivity index (χ0v) is 37.6. The molecule has 0 heterocycles. The Morgan fingerprint density at radius 1 is 0.400 bits per heavy atom. The lowest BCUT2D eigenvalue weighted by Crippen LogP contribution is -2.24. The minimum Gasteiger partial charge on any atom is -0.466 e. The number of carbonyl (C=O) groups is 3. The van der Waals surface area contributed by atoms with Gasteiger partial charge in [0.05, 0.1) is 19.1 Å². The third-order valence-corrected chi connectivity index (χ3v) is 11.3.